The van der Waals surface area contributed by atoms with Crippen molar-refractivity contribution >= 4 is 17.4 Å². The van der Waals surface area contributed by atoms with E-state index >= 15 is 0 Å². The SMILES string of the molecule is O=C(NCC1CCCO1)N1CCC(c2cccs2)CC1. The zero-order valence-corrected chi connectivity index (χ0v) is 12.5. The zero-order chi connectivity index (χ0) is 13.8. The summed E-state index contributed by atoms with van der Waals surface area (Å²) in [6, 6.07) is 4.40. The monoisotopic (exact) mass is 294 g/mol. The van der Waals surface area contributed by atoms with Gasteiger partial charge in [0.15, 0.2) is 0 Å². The van der Waals surface area contributed by atoms with Gasteiger partial charge in [-0.25, -0.2) is 4.79 Å². The van der Waals surface area contributed by atoms with E-state index in [0.717, 1.165) is 45.4 Å². The highest BCUT2D eigenvalue weighted by atomic mass is 32.1. The molecular formula is C15H22N2O2S. The van der Waals surface area contributed by atoms with E-state index in [1.807, 2.05) is 16.2 Å². The van der Waals surface area contributed by atoms with E-state index in [-0.39, 0.29) is 12.1 Å². The molecule has 2 aliphatic heterocycles. The molecule has 0 aromatic carbocycles. The largest absolute Gasteiger partial charge is 0.376 e. The van der Waals surface area contributed by atoms with Crippen molar-refractivity contribution in [3.63, 3.8) is 0 Å². The molecule has 2 amide bonds. The lowest BCUT2D eigenvalue weighted by molar-refractivity contribution is 0.108. The summed E-state index contributed by atoms with van der Waals surface area (Å²) in [6.07, 6.45) is 4.57. The van der Waals surface area contributed by atoms with Crippen LogP contribution in [0.4, 0.5) is 4.79 Å². The highest BCUT2D eigenvalue weighted by Crippen LogP contribution is 2.30. The van der Waals surface area contributed by atoms with Gasteiger partial charge in [-0.1, -0.05) is 6.07 Å². The van der Waals surface area contributed by atoms with Crippen LogP contribution in [0, 0.1) is 0 Å². The van der Waals surface area contributed by atoms with Crippen molar-refractivity contribution in [1.29, 1.82) is 0 Å². The summed E-state index contributed by atoms with van der Waals surface area (Å²) in [4.78, 5) is 15.5. The molecule has 0 spiro atoms. The molecule has 3 rings (SSSR count). The summed E-state index contributed by atoms with van der Waals surface area (Å²) in [6.45, 7) is 3.22. The van der Waals surface area contributed by atoms with E-state index in [1.54, 1.807) is 0 Å². The fraction of sp³-hybridized carbons (Fsp3) is 0.667. The minimum absolute atomic E-state index is 0.0742. The predicted octanol–water partition coefficient (Wildman–Crippen LogP) is 2.82. The number of nitrogens with zero attached hydrogens (tertiary/aromatic N) is 1. The number of thiophene rings is 1. The van der Waals surface area contributed by atoms with Crippen LogP contribution in [0.25, 0.3) is 0 Å². The molecule has 0 bridgehead atoms. The zero-order valence-electron chi connectivity index (χ0n) is 11.7. The number of urea groups is 1. The van der Waals surface area contributed by atoms with Crippen molar-refractivity contribution in [1.82, 2.24) is 10.2 Å². The molecule has 0 radical (unpaired) electrons. The fourth-order valence-corrected chi connectivity index (χ4v) is 3.91. The van der Waals surface area contributed by atoms with Gasteiger partial charge in [-0.3, -0.25) is 0 Å². The molecule has 4 nitrogen and oxygen atoms in total. The summed E-state index contributed by atoms with van der Waals surface area (Å²) >= 11 is 1.83. The maximum Gasteiger partial charge on any atom is 0.317 e. The van der Waals surface area contributed by atoms with Gasteiger partial charge in [0.25, 0.3) is 0 Å². The van der Waals surface area contributed by atoms with E-state index in [0.29, 0.717) is 12.5 Å². The Bertz CT molecular complexity index is 421. The van der Waals surface area contributed by atoms with Crippen LogP contribution in [-0.2, 0) is 4.74 Å². The Labute approximate surface area is 124 Å². The number of hydrogen-bond acceptors (Lipinski definition) is 3. The second-order valence-electron chi connectivity index (χ2n) is 5.60. The lowest BCUT2D eigenvalue weighted by atomic mass is 9.95. The number of hydrogen-bond donors (Lipinski definition) is 1. The molecule has 1 aromatic rings. The van der Waals surface area contributed by atoms with Crippen molar-refractivity contribution in [3.05, 3.63) is 22.4 Å². The second kappa shape index (κ2) is 6.59. The third-order valence-corrected chi connectivity index (χ3v) is 5.27. The Balaban J connectivity index is 1.42. The molecule has 5 heteroatoms. The van der Waals surface area contributed by atoms with Crippen molar-refractivity contribution in [2.45, 2.75) is 37.7 Å². The van der Waals surface area contributed by atoms with Gasteiger partial charge in [0.2, 0.25) is 0 Å². The summed E-state index contributed by atoms with van der Waals surface area (Å²) in [5.74, 6) is 0.636. The van der Waals surface area contributed by atoms with Crippen LogP contribution in [-0.4, -0.2) is 43.3 Å². The number of carbonyl (C=O) groups is 1. The normalized spacial score (nSPS) is 24.0. The molecule has 2 fully saturated rings. The molecule has 1 atom stereocenters. The number of piperidine rings is 1. The van der Waals surface area contributed by atoms with Crippen molar-refractivity contribution in [2.24, 2.45) is 0 Å². The first-order valence-electron chi connectivity index (χ1n) is 7.50. The standard InChI is InChI=1S/C15H22N2O2S/c18-15(16-11-13-3-1-9-19-13)17-7-5-12(6-8-17)14-4-2-10-20-14/h2,4,10,12-13H,1,3,5-9,11H2,(H,16,18). The lowest BCUT2D eigenvalue weighted by Gasteiger charge is -2.31. The molecule has 110 valence electrons. The van der Waals surface area contributed by atoms with Crippen LogP contribution in [0.15, 0.2) is 17.5 Å². The number of nitrogens with one attached hydrogen (secondary N) is 1. The minimum atomic E-state index is 0.0742. The quantitative estimate of drug-likeness (QED) is 0.931. The Hall–Kier alpha value is -1.07. The number of ether oxygens (including phenoxy) is 1. The first-order valence-corrected chi connectivity index (χ1v) is 8.38. The molecule has 2 aliphatic rings. The van der Waals surface area contributed by atoms with E-state index in [4.69, 9.17) is 4.74 Å². The van der Waals surface area contributed by atoms with E-state index in [9.17, 15) is 4.79 Å². The summed E-state index contributed by atoms with van der Waals surface area (Å²) in [5.41, 5.74) is 0. The summed E-state index contributed by atoms with van der Waals surface area (Å²) in [5, 5.41) is 5.14. The van der Waals surface area contributed by atoms with Gasteiger partial charge in [0, 0.05) is 31.1 Å². The first-order chi connectivity index (χ1) is 9.83. The van der Waals surface area contributed by atoms with Crippen molar-refractivity contribution in [2.75, 3.05) is 26.2 Å². The van der Waals surface area contributed by atoms with E-state index < -0.39 is 0 Å². The molecule has 1 N–H and O–H groups in total. The number of carbonyl (C=O) groups excluding carboxylic acids is 1. The van der Waals surface area contributed by atoms with Gasteiger partial charge < -0.3 is 15.0 Å². The van der Waals surface area contributed by atoms with Crippen LogP contribution >= 0.6 is 11.3 Å². The van der Waals surface area contributed by atoms with Crippen LogP contribution < -0.4 is 5.32 Å². The molecule has 2 saturated heterocycles. The van der Waals surface area contributed by atoms with Crippen LogP contribution in [0.1, 0.15) is 36.5 Å². The van der Waals surface area contributed by atoms with Crippen molar-refractivity contribution in [3.8, 4) is 0 Å². The smallest absolute Gasteiger partial charge is 0.317 e. The topological polar surface area (TPSA) is 41.6 Å². The molecule has 3 heterocycles. The maximum atomic E-state index is 12.1. The van der Waals surface area contributed by atoms with Gasteiger partial charge in [0.1, 0.15) is 0 Å². The Morgan fingerprint density at radius 3 is 2.90 bits per heavy atom. The van der Waals surface area contributed by atoms with E-state index in [2.05, 4.69) is 22.8 Å². The van der Waals surface area contributed by atoms with Gasteiger partial charge in [0.05, 0.1) is 6.10 Å². The third kappa shape index (κ3) is 3.33. The van der Waals surface area contributed by atoms with Gasteiger partial charge in [-0.2, -0.15) is 0 Å². The molecule has 0 aliphatic carbocycles. The summed E-state index contributed by atoms with van der Waals surface area (Å²) in [7, 11) is 0. The number of rotatable bonds is 3. The van der Waals surface area contributed by atoms with Gasteiger partial charge in [-0.15, -0.1) is 11.3 Å². The average molecular weight is 294 g/mol. The lowest BCUT2D eigenvalue weighted by Crippen LogP contribution is -2.46. The highest BCUT2D eigenvalue weighted by Gasteiger charge is 2.25. The second-order valence-corrected chi connectivity index (χ2v) is 6.58. The highest BCUT2D eigenvalue weighted by molar-refractivity contribution is 7.10. The van der Waals surface area contributed by atoms with Gasteiger partial charge >= 0.3 is 6.03 Å². The van der Waals surface area contributed by atoms with Crippen LogP contribution in [0.5, 0.6) is 0 Å². The van der Waals surface area contributed by atoms with Crippen LogP contribution in [0.2, 0.25) is 0 Å². The summed E-state index contributed by atoms with van der Waals surface area (Å²) < 4.78 is 5.52. The predicted molar refractivity (Wildman–Crippen MR) is 80.2 cm³/mol. The first kappa shape index (κ1) is 13.9. The molecule has 1 unspecified atom stereocenters. The average Bonchev–Trinajstić information content (AvgIpc) is 3.18. The minimum Gasteiger partial charge on any atom is -0.376 e. The maximum absolute atomic E-state index is 12.1. The third-order valence-electron chi connectivity index (χ3n) is 4.23. The number of amides is 2. The molecule has 1 aromatic heterocycles. The Kier molecular flexibility index (Phi) is 4.58. The molecule has 20 heavy (non-hydrogen) atoms. The van der Waals surface area contributed by atoms with Crippen molar-refractivity contribution < 1.29 is 9.53 Å². The molecular weight excluding hydrogens is 272 g/mol. The Morgan fingerprint density at radius 1 is 1.40 bits per heavy atom. The molecule has 0 saturated carbocycles. The number of likely N-dealkylation sites (tertiary alicyclic amines) is 1. The fourth-order valence-electron chi connectivity index (χ4n) is 3.01. The Morgan fingerprint density at radius 2 is 2.25 bits per heavy atom. The van der Waals surface area contributed by atoms with Gasteiger partial charge in [-0.05, 0) is 43.0 Å². The van der Waals surface area contributed by atoms with Crippen LogP contribution in [0.3, 0.4) is 0 Å². The van der Waals surface area contributed by atoms with E-state index in [1.165, 1.54) is 4.88 Å².